The second kappa shape index (κ2) is 4.48. The minimum atomic E-state index is -1.25. The number of quaternary nitrogens is 1. The van der Waals surface area contributed by atoms with Gasteiger partial charge in [0.1, 0.15) is 0 Å². The summed E-state index contributed by atoms with van der Waals surface area (Å²) < 4.78 is 0. The van der Waals surface area contributed by atoms with Crippen molar-refractivity contribution in [1.82, 2.24) is 6.15 Å². The lowest BCUT2D eigenvalue weighted by Gasteiger charge is -2.11. The third-order valence-corrected chi connectivity index (χ3v) is 1.41. The highest BCUT2D eigenvalue weighted by Gasteiger charge is 2.03. The van der Waals surface area contributed by atoms with Crippen molar-refractivity contribution >= 4 is 5.97 Å². The van der Waals surface area contributed by atoms with Gasteiger partial charge >= 0.3 is 0 Å². The minimum absolute atomic E-state index is 0. The van der Waals surface area contributed by atoms with Crippen LogP contribution in [0, 0.1) is 0 Å². The molecule has 12 heavy (non-hydrogen) atoms. The molecule has 0 spiro atoms. The summed E-state index contributed by atoms with van der Waals surface area (Å²) in [6, 6.07) is 7.55. The molecule has 0 bridgehead atoms. The van der Waals surface area contributed by atoms with E-state index in [9.17, 15) is 9.90 Å². The second-order valence-electron chi connectivity index (χ2n) is 2.21. The standard InChI is InChI=1S/C8H9NO2.H3N/c9-7(8(10)11)6-4-2-1-3-5-6;/h1-5,7H,9H2,(H,10,11);1H3/t7-;/m1./s1. The molecule has 0 saturated carbocycles. The van der Waals surface area contributed by atoms with E-state index in [0.717, 1.165) is 0 Å². The highest BCUT2D eigenvalue weighted by molar-refractivity contribution is 5.72. The van der Waals surface area contributed by atoms with Crippen molar-refractivity contribution in [3.8, 4) is 0 Å². The van der Waals surface area contributed by atoms with Crippen molar-refractivity contribution in [2.45, 2.75) is 6.04 Å². The van der Waals surface area contributed by atoms with Gasteiger partial charge in [0.25, 0.3) is 0 Å². The van der Waals surface area contributed by atoms with Crippen LogP contribution in [0.1, 0.15) is 11.6 Å². The number of carboxylic acids is 1. The van der Waals surface area contributed by atoms with Crippen LogP contribution in [0.4, 0.5) is 0 Å². The smallest absolute Gasteiger partial charge is 0.0699 e. The van der Waals surface area contributed by atoms with Crippen LogP contribution < -0.4 is 17.0 Å². The van der Waals surface area contributed by atoms with Gasteiger partial charge in [-0.05, 0) is 5.56 Å². The van der Waals surface area contributed by atoms with E-state index in [1.54, 1.807) is 30.3 Å². The molecule has 0 fully saturated rings. The van der Waals surface area contributed by atoms with Gasteiger partial charge in [-0.1, -0.05) is 30.3 Å². The normalized spacial score (nSPS) is 11.4. The average molecular weight is 168 g/mol. The topological polar surface area (TPSA) is 103 Å². The van der Waals surface area contributed by atoms with E-state index < -0.39 is 12.0 Å². The fourth-order valence-electron chi connectivity index (χ4n) is 0.796. The number of benzene rings is 1. The predicted octanol–water partition coefficient (Wildman–Crippen LogP) is -0.187. The molecule has 0 unspecified atom stereocenters. The van der Waals surface area contributed by atoms with E-state index in [-0.39, 0.29) is 6.15 Å². The van der Waals surface area contributed by atoms with Crippen LogP contribution in [0.25, 0.3) is 0 Å². The number of hydrogen-bond donors (Lipinski definition) is 2. The first-order valence-corrected chi connectivity index (χ1v) is 3.23. The molecule has 1 aromatic rings. The number of carbonyl (C=O) groups is 1. The Hall–Kier alpha value is -1.39. The maximum Gasteiger partial charge on any atom is 0.0699 e. The van der Waals surface area contributed by atoms with Crippen molar-refractivity contribution in [1.29, 1.82) is 0 Å². The zero-order chi connectivity index (χ0) is 8.27. The van der Waals surface area contributed by atoms with Crippen LogP contribution in [0.5, 0.6) is 0 Å². The summed E-state index contributed by atoms with van der Waals surface area (Å²) in [5.74, 6) is -1.25. The third-order valence-electron chi connectivity index (χ3n) is 1.41. The van der Waals surface area contributed by atoms with E-state index in [2.05, 4.69) is 0 Å². The SMILES string of the molecule is N[C@@H](C(=O)[O-])c1ccccc1.[NH4+]. The zero-order valence-electron chi connectivity index (χ0n) is 6.86. The Morgan fingerprint density at radius 3 is 2.25 bits per heavy atom. The Morgan fingerprint density at radius 2 is 1.83 bits per heavy atom. The van der Waals surface area contributed by atoms with Gasteiger partial charge < -0.3 is 21.8 Å². The molecular weight excluding hydrogens is 156 g/mol. The Morgan fingerprint density at radius 1 is 1.33 bits per heavy atom. The van der Waals surface area contributed by atoms with Gasteiger partial charge in [0.05, 0.1) is 12.0 Å². The number of nitrogens with two attached hydrogens (primary N) is 1. The molecule has 1 aromatic carbocycles. The van der Waals surface area contributed by atoms with Crippen molar-refractivity contribution in [2.24, 2.45) is 5.73 Å². The lowest BCUT2D eigenvalue weighted by Crippen LogP contribution is -2.34. The molecular formula is C8H12N2O2. The van der Waals surface area contributed by atoms with Crippen molar-refractivity contribution in [3.63, 3.8) is 0 Å². The summed E-state index contributed by atoms with van der Waals surface area (Å²) in [6.07, 6.45) is 0. The van der Waals surface area contributed by atoms with Crippen molar-refractivity contribution in [3.05, 3.63) is 35.9 Å². The largest absolute Gasteiger partial charge is 0.548 e. The first kappa shape index (κ1) is 10.6. The fourth-order valence-corrected chi connectivity index (χ4v) is 0.796. The van der Waals surface area contributed by atoms with E-state index in [0.29, 0.717) is 5.56 Å². The molecule has 6 N–H and O–H groups in total. The molecule has 1 rings (SSSR count). The number of hydrogen-bond acceptors (Lipinski definition) is 3. The molecule has 0 heterocycles. The van der Waals surface area contributed by atoms with E-state index >= 15 is 0 Å². The molecule has 1 atom stereocenters. The zero-order valence-corrected chi connectivity index (χ0v) is 6.86. The maximum absolute atomic E-state index is 10.3. The Labute approximate surface area is 70.6 Å². The molecule has 0 aromatic heterocycles. The van der Waals surface area contributed by atoms with Crippen LogP contribution in [0.15, 0.2) is 30.3 Å². The monoisotopic (exact) mass is 168 g/mol. The van der Waals surface area contributed by atoms with Gasteiger partial charge in [0.15, 0.2) is 0 Å². The van der Waals surface area contributed by atoms with Gasteiger partial charge in [-0.2, -0.15) is 0 Å². The molecule has 4 heteroatoms. The lowest BCUT2D eigenvalue weighted by atomic mass is 10.1. The molecule has 4 nitrogen and oxygen atoms in total. The Kier molecular flexibility index (Phi) is 3.96. The summed E-state index contributed by atoms with van der Waals surface area (Å²) >= 11 is 0. The molecule has 66 valence electrons. The molecule has 0 radical (unpaired) electrons. The predicted molar refractivity (Wildman–Crippen MR) is 44.4 cm³/mol. The van der Waals surface area contributed by atoms with Gasteiger partial charge in [0.2, 0.25) is 0 Å². The molecule has 0 amide bonds. The fraction of sp³-hybridized carbons (Fsp3) is 0.125. The van der Waals surface area contributed by atoms with Crippen LogP contribution in [-0.4, -0.2) is 5.97 Å². The number of carboxylic acid groups (broad SMARTS) is 1. The van der Waals surface area contributed by atoms with Gasteiger partial charge in [-0.15, -0.1) is 0 Å². The van der Waals surface area contributed by atoms with Crippen LogP contribution in [0.2, 0.25) is 0 Å². The highest BCUT2D eigenvalue weighted by Crippen LogP contribution is 2.07. The summed E-state index contributed by atoms with van der Waals surface area (Å²) in [5, 5.41) is 10.3. The number of carbonyl (C=O) groups excluding carboxylic acids is 1. The van der Waals surface area contributed by atoms with Crippen LogP contribution >= 0.6 is 0 Å². The molecule has 0 aliphatic heterocycles. The highest BCUT2D eigenvalue weighted by atomic mass is 16.4. The first-order chi connectivity index (χ1) is 5.22. The van der Waals surface area contributed by atoms with Gasteiger partial charge in [-0.3, -0.25) is 0 Å². The summed E-state index contributed by atoms with van der Waals surface area (Å²) in [7, 11) is 0. The lowest BCUT2D eigenvalue weighted by molar-refractivity contribution is -0.307. The Bertz CT molecular complexity index is 248. The number of rotatable bonds is 2. The maximum atomic E-state index is 10.3. The number of aliphatic carboxylic acids is 1. The van der Waals surface area contributed by atoms with Gasteiger partial charge in [0, 0.05) is 0 Å². The first-order valence-electron chi connectivity index (χ1n) is 3.23. The summed E-state index contributed by atoms with van der Waals surface area (Å²) in [5.41, 5.74) is 5.84. The second-order valence-corrected chi connectivity index (χ2v) is 2.21. The molecule has 0 aliphatic rings. The van der Waals surface area contributed by atoms with Crippen LogP contribution in [0.3, 0.4) is 0 Å². The third kappa shape index (κ3) is 2.34. The quantitative estimate of drug-likeness (QED) is 0.639. The molecule has 0 saturated heterocycles. The summed E-state index contributed by atoms with van der Waals surface area (Å²) in [6.45, 7) is 0. The Balaban J connectivity index is 0.00000121. The minimum Gasteiger partial charge on any atom is -0.548 e. The van der Waals surface area contributed by atoms with Crippen molar-refractivity contribution in [2.75, 3.05) is 0 Å². The van der Waals surface area contributed by atoms with E-state index in [1.807, 2.05) is 0 Å². The molecule has 0 aliphatic carbocycles. The van der Waals surface area contributed by atoms with Gasteiger partial charge in [-0.25, -0.2) is 0 Å². The van der Waals surface area contributed by atoms with Crippen LogP contribution in [-0.2, 0) is 4.79 Å². The van der Waals surface area contributed by atoms with E-state index in [4.69, 9.17) is 5.73 Å². The summed E-state index contributed by atoms with van der Waals surface area (Å²) in [4.78, 5) is 10.3. The van der Waals surface area contributed by atoms with E-state index in [1.165, 1.54) is 0 Å². The van der Waals surface area contributed by atoms with Crippen molar-refractivity contribution < 1.29 is 9.90 Å². The average Bonchev–Trinajstić information content (AvgIpc) is 2.05.